The number of carboxylic acid groups (broad SMARTS) is 1. The zero-order valence-electron chi connectivity index (χ0n) is 15.3. The van der Waals surface area contributed by atoms with Crippen LogP contribution in [0, 0.1) is 11.3 Å². The number of aryl methyl sites for hydroxylation is 1. The highest BCUT2D eigenvalue weighted by Crippen LogP contribution is 2.31. The van der Waals surface area contributed by atoms with E-state index in [1.54, 1.807) is 0 Å². The summed E-state index contributed by atoms with van der Waals surface area (Å²) in [6, 6.07) is 10.8. The van der Waals surface area contributed by atoms with Gasteiger partial charge in [0.2, 0.25) is 0 Å². The fourth-order valence-electron chi connectivity index (χ4n) is 3.07. The van der Waals surface area contributed by atoms with E-state index >= 15 is 0 Å². The van der Waals surface area contributed by atoms with Gasteiger partial charge in [0.1, 0.15) is 0 Å². The third kappa shape index (κ3) is 4.18. The van der Waals surface area contributed by atoms with Gasteiger partial charge in [-0.3, -0.25) is 0 Å². The topological polar surface area (TPSA) is 130 Å². The summed E-state index contributed by atoms with van der Waals surface area (Å²) in [5.41, 5.74) is 3.28. The van der Waals surface area contributed by atoms with Crippen LogP contribution in [0.2, 0.25) is 0 Å². The number of aromatic carboxylic acids is 1. The Labute approximate surface area is 170 Å². The van der Waals surface area contributed by atoms with Crippen molar-refractivity contribution in [1.82, 2.24) is 19.4 Å². The van der Waals surface area contributed by atoms with Crippen LogP contribution in [-0.2, 0) is 11.2 Å². The standard InChI is InChI=1S/C10H9ClN2.C9H7N3O4/c11-13-10-4-2-8-5-7(6-12)1-3-9(8)10;1-16-9(15)6-4-5(8(13)14)11-7-2-3-10-12(6)7/h1,3,5,10,13H,2,4H2;2-4H,1H3,(H,13,14)/t10-;/m0./s1. The molecule has 0 radical (unpaired) electrons. The number of carbonyl (C=O) groups excluding carboxylic acids is 1. The summed E-state index contributed by atoms with van der Waals surface area (Å²) < 4.78 is 5.75. The van der Waals surface area contributed by atoms with Gasteiger partial charge in [0.25, 0.3) is 0 Å². The van der Waals surface area contributed by atoms with Crippen LogP contribution in [0.15, 0.2) is 36.5 Å². The first-order chi connectivity index (χ1) is 14.0. The number of nitrogens with one attached hydrogen (secondary N) is 1. The molecule has 1 aliphatic rings. The van der Waals surface area contributed by atoms with Crippen molar-refractivity contribution in [3.8, 4) is 6.07 Å². The van der Waals surface area contributed by atoms with Crippen molar-refractivity contribution in [3.63, 3.8) is 0 Å². The van der Waals surface area contributed by atoms with Gasteiger partial charge < -0.3 is 9.84 Å². The normalized spacial score (nSPS) is 14.4. The highest BCUT2D eigenvalue weighted by atomic mass is 35.5. The van der Waals surface area contributed by atoms with E-state index < -0.39 is 11.9 Å². The van der Waals surface area contributed by atoms with Crippen LogP contribution in [0.3, 0.4) is 0 Å². The Hall–Kier alpha value is -3.48. The summed E-state index contributed by atoms with van der Waals surface area (Å²) in [5.74, 6) is -1.88. The quantitative estimate of drug-likeness (QED) is 0.494. The second-order valence-electron chi connectivity index (χ2n) is 6.15. The summed E-state index contributed by atoms with van der Waals surface area (Å²) >= 11 is 5.59. The predicted molar refractivity (Wildman–Crippen MR) is 102 cm³/mol. The molecule has 4 rings (SSSR count). The summed E-state index contributed by atoms with van der Waals surface area (Å²) in [7, 11) is 1.21. The molecule has 0 amide bonds. The number of halogens is 1. The predicted octanol–water partition coefficient (Wildman–Crippen LogP) is 2.50. The average Bonchev–Trinajstić information content (AvgIpc) is 3.38. The van der Waals surface area contributed by atoms with Crippen molar-refractivity contribution >= 4 is 29.4 Å². The van der Waals surface area contributed by atoms with Crippen LogP contribution < -0.4 is 4.84 Å². The molecule has 0 saturated carbocycles. The maximum Gasteiger partial charge on any atom is 0.356 e. The minimum absolute atomic E-state index is 0.0231. The molecule has 0 unspecified atom stereocenters. The van der Waals surface area contributed by atoms with E-state index in [4.69, 9.17) is 22.1 Å². The van der Waals surface area contributed by atoms with Crippen molar-refractivity contribution < 1.29 is 19.4 Å². The average molecular weight is 414 g/mol. The lowest BCUT2D eigenvalue weighted by atomic mass is 10.1. The highest BCUT2D eigenvalue weighted by Gasteiger charge is 2.21. The van der Waals surface area contributed by atoms with E-state index in [1.165, 1.54) is 35.0 Å². The molecule has 0 fully saturated rings. The Morgan fingerprint density at radius 1 is 1.38 bits per heavy atom. The van der Waals surface area contributed by atoms with E-state index in [1.807, 2.05) is 18.2 Å². The van der Waals surface area contributed by atoms with Gasteiger partial charge in [0, 0.05) is 18.2 Å². The molecule has 0 bridgehead atoms. The molecular formula is C19H16ClN5O4. The number of benzene rings is 1. The van der Waals surface area contributed by atoms with Gasteiger partial charge in [-0.2, -0.15) is 10.4 Å². The van der Waals surface area contributed by atoms with E-state index in [0.29, 0.717) is 0 Å². The molecule has 1 atom stereocenters. The number of ether oxygens (including phenoxy) is 1. The number of rotatable bonds is 3. The molecule has 2 heterocycles. The monoisotopic (exact) mass is 413 g/mol. The SMILES string of the molecule is COC(=O)c1cc(C(=O)O)nc2ccnn12.N#Cc1ccc2c(c1)CC[C@@H]2NCl. The Morgan fingerprint density at radius 3 is 2.83 bits per heavy atom. The van der Waals surface area contributed by atoms with Crippen molar-refractivity contribution in [2.75, 3.05) is 7.11 Å². The molecule has 2 N–H and O–H groups in total. The number of nitriles is 1. The third-order valence-corrected chi connectivity index (χ3v) is 4.72. The lowest BCUT2D eigenvalue weighted by Gasteiger charge is -2.07. The molecule has 10 heteroatoms. The summed E-state index contributed by atoms with van der Waals surface area (Å²) in [4.78, 5) is 28.7. The molecule has 0 spiro atoms. The maximum atomic E-state index is 11.4. The second-order valence-corrected chi connectivity index (χ2v) is 6.37. The van der Waals surface area contributed by atoms with Crippen LogP contribution in [0.4, 0.5) is 0 Å². The van der Waals surface area contributed by atoms with E-state index in [2.05, 4.69) is 25.7 Å². The van der Waals surface area contributed by atoms with Crippen molar-refractivity contribution in [3.05, 3.63) is 64.6 Å². The molecule has 2 aromatic heterocycles. The minimum Gasteiger partial charge on any atom is -0.477 e. The Balaban J connectivity index is 0.000000169. The third-order valence-electron chi connectivity index (χ3n) is 4.45. The van der Waals surface area contributed by atoms with Crippen molar-refractivity contribution in [2.45, 2.75) is 18.9 Å². The summed E-state index contributed by atoms with van der Waals surface area (Å²) in [6.45, 7) is 0. The number of fused-ring (bicyclic) bond motifs is 2. The van der Waals surface area contributed by atoms with Crippen LogP contribution in [0.5, 0.6) is 0 Å². The van der Waals surface area contributed by atoms with Crippen molar-refractivity contribution in [1.29, 1.82) is 5.26 Å². The second kappa shape index (κ2) is 8.68. The number of hydrogen-bond acceptors (Lipinski definition) is 7. The first-order valence-corrected chi connectivity index (χ1v) is 8.91. The van der Waals surface area contributed by atoms with E-state index in [-0.39, 0.29) is 23.1 Å². The van der Waals surface area contributed by atoms with E-state index in [9.17, 15) is 9.59 Å². The Morgan fingerprint density at radius 2 is 2.17 bits per heavy atom. The molecule has 29 heavy (non-hydrogen) atoms. The summed E-state index contributed by atoms with van der Waals surface area (Å²) in [5, 5.41) is 21.4. The number of carboxylic acids is 1. The van der Waals surface area contributed by atoms with Gasteiger partial charge in [-0.25, -0.2) is 23.9 Å². The van der Waals surface area contributed by atoms with Gasteiger partial charge in [0.05, 0.1) is 24.9 Å². The van der Waals surface area contributed by atoms with Gasteiger partial charge >= 0.3 is 11.9 Å². The number of aromatic nitrogens is 3. The molecule has 1 aromatic carbocycles. The Bertz CT molecular complexity index is 1120. The van der Waals surface area contributed by atoms with Crippen LogP contribution >= 0.6 is 11.8 Å². The Kier molecular flexibility index (Phi) is 6.07. The summed E-state index contributed by atoms with van der Waals surface area (Å²) in [6.07, 6.45) is 3.45. The van der Waals surface area contributed by atoms with Gasteiger partial charge in [-0.15, -0.1) is 0 Å². The first-order valence-electron chi connectivity index (χ1n) is 8.54. The van der Waals surface area contributed by atoms with Gasteiger partial charge in [-0.1, -0.05) is 6.07 Å². The molecule has 1 aliphatic carbocycles. The molecule has 9 nitrogen and oxygen atoms in total. The molecule has 0 saturated heterocycles. The molecule has 3 aromatic rings. The lowest BCUT2D eigenvalue weighted by Crippen LogP contribution is -2.13. The first kappa shape index (κ1) is 20.3. The number of esters is 1. The molecular weight excluding hydrogens is 398 g/mol. The van der Waals surface area contributed by atoms with Crippen molar-refractivity contribution in [2.24, 2.45) is 0 Å². The number of nitrogens with zero attached hydrogens (tertiary/aromatic N) is 4. The fraction of sp³-hybridized carbons (Fsp3) is 0.211. The van der Waals surface area contributed by atoms with Gasteiger partial charge in [0.15, 0.2) is 17.0 Å². The van der Waals surface area contributed by atoms with Gasteiger partial charge in [-0.05, 0) is 47.9 Å². The van der Waals surface area contributed by atoms with Crippen LogP contribution in [0.25, 0.3) is 5.65 Å². The minimum atomic E-state index is -1.21. The zero-order chi connectivity index (χ0) is 21.0. The molecule has 0 aliphatic heterocycles. The number of carbonyl (C=O) groups is 2. The van der Waals surface area contributed by atoms with E-state index in [0.717, 1.165) is 24.5 Å². The smallest absolute Gasteiger partial charge is 0.356 e. The van der Waals surface area contributed by atoms with Crippen LogP contribution in [-0.4, -0.2) is 38.8 Å². The fourth-order valence-corrected chi connectivity index (χ4v) is 3.30. The zero-order valence-corrected chi connectivity index (χ0v) is 16.1. The largest absolute Gasteiger partial charge is 0.477 e. The lowest BCUT2D eigenvalue weighted by molar-refractivity contribution is 0.0590. The van der Waals surface area contributed by atoms with Crippen LogP contribution in [0.1, 0.15) is 50.1 Å². The highest BCUT2D eigenvalue weighted by molar-refractivity contribution is 6.13. The maximum absolute atomic E-state index is 11.4. The number of methoxy groups -OCH3 is 1. The number of hydrogen-bond donors (Lipinski definition) is 2. The molecule has 148 valence electrons.